The third kappa shape index (κ3) is 5.24. The molecule has 0 aliphatic rings. The van der Waals surface area contributed by atoms with E-state index in [1.165, 1.54) is 12.8 Å². The molecule has 0 aliphatic carbocycles. The summed E-state index contributed by atoms with van der Waals surface area (Å²) in [6, 6.07) is 10.7. The molecule has 15 heavy (non-hydrogen) atoms. The Labute approximate surface area is 92.9 Å². The maximum atomic E-state index is 3.23. The van der Waals surface area contributed by atoms with E-state index in [0.717, 1.165) is 12.0 Å². The Morgan fingerprint density at radius 3 is 2.67 bits per heavy atom. The highest BCUT2D eigenvalue weighted by Gasteiger charge is 1.94. The van der Waals surface area contributed by atoms with Crippen LogP contribution < -0.4 is 5.32 Å². The molecule has 0 fully saturated rings. The average molecular weight is 201 g/mol. The molecule has 1 rings (SSSR count). The number of benzene rings is 1. The lowest BCUT2D eigenvalue weighted by atomic mass is 10.1. The molecule has 1 nitrogen and oxygen atoms in total. The van der Waals surface area contributed by atoms with Gasteiger partial charge in [-0.3, -0.25) is 0 Å². The van der Waals surface area contributed by atoms with Crippen LogP contribution in [-0.2, 0) is 0 Å². The Morgan fingerprint density at radius 2 is 2.00 bits per heavy atom. The molecule has 0 heterocycles. The summed E-state index contributed by atoms with van der Waals surface area (Å²) in [6.07, 6.45) is 3.35. The fraction of sp³-hybridized carbons (Fsp3) is 0.429. The second kappa shape index (κ2) is 7.09. The first-order chi connectivity index (χ1) is 7.33. The summed E-state index contributed by atoms with van der Waals surface area (Å²) in [6.45, 7) is 2.20. The summed E-state index contributed by atoms with van der Waals surface area (Å²) in [5, 5.41) is 3.23. The molecular formula is C14H19N. The highest BCUT2D eigenvalue weighted by atomic mass is 14.8. The van der Waals surface area contributed by atoms with Crippen molar-refractivity contribution >= 4 is 0 Å². The normalized spacial score (nSPS) is 11.6. The maximum Gasteiger partial charge on any atom is 0.0245 e. The fourth-order valence-electron chi connectivity index (χ4n) is 1.33. The van der Waals surface area contributed by atoms with Gasteiger partial charge < -0.3 is 5.32 Å². The molecular weight excluding hydrogens is 182 g/mol. The summed E-state index contributed by atoms with van der Waals surface area (Å²) in [7, 11) is 2.00. The number of hydrogen-bond acceptors (Lipinski definition) is 1. The summed E-state index contributed by atoms with van der Waals surface area (Å²) < 4.78 is 0. The van der Waals surface area contributed by atoms with Crippen LogP contribution in [0.2, 0.25) is 0 Å². The van der Waals surface area contributed by atoms with E-state index in [1.807, 2.05) is 37.4 Å². The lowest BCUT2D eigenvalue weighted by Gasteiger charge is -2.06. The van der Waals surface area contributed by atoms with Crippen LogP contribution in [0, 0.1) is 11.8 Å². The molecule has 1 atom stereocenters. The lowest BCUT2D eigenvalue weighted by molar-refractivity contribution is 0.547. The number of hydrogen-bond donors (Lipinski definition) is 1. The van der Waals surface area contributed by atoms with Gasteiger partial charge in [-0.25, -0.2) is 0 Å². The van der Waals surface area contributed by atoms with Gasteiger partial charge in [0.05, 0.1) is 0 Å². The molecule has 80 valence electrons. The molecule has 1 heteroatoms. The average Bonchev–Trinajstić information content (AvgIpc) is 2.29. The van der Waals surface area contributed by atoms with Gasteiger partial charge in [0, 0.05) is 18.0 Å². The molecule has 0 radical (unpaired) electrons. The maximum absolute atomic E-state index is 3.23. The minimum Gasteiger partial charge on any atom is -0.317 e. The van der Waals surface area contributed by atoms with Crippen LogP contribution in [0.25, 0.3) is 0 Å². The van der Waals surface area contributed by atoms with Gasteiger partial charge in [-0.15, -0.1) is 0 Å². The molecule has 0 aliphatic heterocycles. The van der Waals surface area contributed by atoms with Crippen molar-refractivity contribution in [3.8, 4) is 11.8 Å². The molecule has 0 amide bonds. The van der Waals surface area contributed by atoms with E-state index >= 15 is 0 Å². The fourth-order valence-corrected chi connectivity index (χ4v) is 1.33. The Hall–Kier alpha value is -1.26. The molecule has 1 unspecified atom stereocenters. The zero-order valence-corrected chi connectivity index (χ0v) is 9.59. The van der Waals surface area contributed by atoms with Gasteiger partial charge in [0.15, 0.2) is 0 Å². The van der Waals surface area contributed by atoms with Gasteiger partial charge in [0.2, 0.25) is 0 Å². The first-order valence-corrected chi connectivity index (χ1v) is 5.54. The highest BCUT2D eigenvalue weighted by molar-refractivity contribution is 5.33. The van der Waals surface area contributed by atoms with Crippen molar-refractivity contribution in [2.75, 3.05) is 7.05 Å². The zero-order chi connectivity index (χ0) is 10.9. The standard InChI is InChI=1S/C14H19N/c1-13(15-2)9-5-3-6-10-14-11-7-4-8-12-14/h4,7-8,11-13,15H,3,5,9H2,1-2H3. The van der Waals surface area contributed by atoms with E-state index in [0.29, 0.717) is 6.04 Å². The smallest absolute Gasteiger partial charge is 0.0245 e. The Morgan fingerprint density at radius 1 is 1.27 bits per heavy atom. The summed E-state index contributed by atoms with van der Waals surface area (Å²) >= 11 is 0. The summed E-state index contributed by atoms with van der Waals surface area (Å²) in [4.78, 5) is 0. The number of rotatable bonds is 4. The van der Waals surface area contributed by atoms with Crippen LogP contribution in [-0.4, -0.2) is 13.1 Å². The predicted molar refractivity (Wildman–Crippen MR) is 65.7 cm³/mol. The first-order valence-electron chi connectivity index (χ1n) is 5.54. The largest absolute Gasteiger partial charge is 0.317 e. The highest BCUT2D eigenvalue weighted by Crippen LogP contribution is 2.00. The van der Waals surface area contributed by atoms with Crippen molar-refractivity contribution < 1.29 is 0 Å². The monoisotopic (exact) mass is 201 g/mol. The molecule has 0 saturated heterocycles. The zero-order valence-electron chi connectivity index (χ0n) is 9.59. The molecule has 1 aromatic rings. The van der Waals surface area contributed by atoms with Gasteiger partial charge in [0.25, 0.3) is 0 Å². The van der Waals surface area contributed by atoms with Gasteiger partial charge in [-0.2, -0.15) is 0 Å². The van der Waals surface area contributed by atoms with Gasteiger partial charge in [-0.05, 0) is 38.9 Å². The molecule has 0 aromatic heterocycles. The van der Waals surface area contributed by atoms with Crippen LogP contribution in [0.15, 0.2) is 30.3 Å². The van der Waals surface area contributed by atoms with Crippen molar-refractivity contribution in [1.29, 1.82) is 0 Å². The van der Waals surface area contributed by atoms with E-state index in [9.17, 15) is 0 Å². The molecule has 0 saturated carbocycles. The number of unbranched alkanes of at least 4 members (excludes halogenated alkanes) is 1. The van der Waals surface area contributed by atoms with E-state index < -0.39 is 0 Å². The summed E-state index contributed by atoms with van der Waals surface area (Å²) in [5.74, 6) is 6.37. The van der Waals surface area contributed by atoms with E-state index in [1.54, 1.807) is 0 Å². The van der Waals surface area contributed by atoms with E-state index in [-0.39, 0.29) is 0 Å². The van der Waals surface area contributed by atoms with E-state index in [2.05, 4.69) is 24.1 Å². The van der Waals surface area contributed by atoms with Gasteiger partial charge >= 0.3 is 0 Å². The topological polar surface area (TPSA) is 12.0 Å². The third-order valence-electron chi connectivity index (χ3n) is 2.44. The lowest BCUT2D eigenvalue weighted by Crippen LogP contribution is -2.20. The van der Waals surface area contributed by atoms with Crippen molar-refractivity contribution in [2.24, 2.45) is 0 Å². The van der Waals surface area contributed by atoms with Crippen molar-refractivity contribution in [3.63, 3.8) is 0 Å². The second-order valence-electron chi connectivity index (χ2n) is 3.75. The van der Waals surface area contributed by atoms with E-state index in [4.69, 9.17) is 0 Å². The third-order valence-corrected chi connectivity index (χ3v) is 2.44. The molecule has 1 aromatic carbocycles. The SMILES string of the molecule is CNC(C)CCCC#Cc1ccccc1. The minimum absolute atomic E-state index is 0.600. The van der Waals surface area contributed by atoms with Crippen LogP contribution in [0.3, 0.4) is 0 Å². The summed E-state index contributed by atoms with van der Waals surface area (Å²) in [5.41, 5.74) is 1.11. The van der Waals surface area contributed by atoms with Crippen LogP contribution >= 0.6 is 0 Å². The van der Waals surface area contributed by atoms with Crippen LogP contribution in [0.1, 0.15) is 31.7 Å². The first kappa shape index (κ1) is 11.8. The molecule has 0 spiro atoms. The quantitative estimate of drug-likeness (QED) is 0.583. The number of nitrogens with one attached hydrogen (secondary N) is 1. The Balaban J connectivity index is 2.23. The van der Waals surface area contributed by atoms with Gasteiger partial charge in [-0.1, -0.05) is 30.0 Å². The van der Waals surface area contributed by atoms with Crippen LogP contribution in [0.5, 0.6) is 0 Å². The van der Waals surface area contributed by atoms with Crippen molar-refractivity contribution in [3.05, 3.63) is 35.9 Å². The van der Waals surface area contributed by atoms with Crippen LogP contribution in [0.4, 0.5) is 0 Å². The van der Waals surface area contributed by atoms with Crippen molar-refractivity contribution in [2.45, 2.75) is 32.2 Å². The minimum atomic E-state index is 0.600. The Bertz CT molecular complexity index is 318. The predicted octanol–water partition coefficient (Wildman–Crippen LogP) is 2.82. The Kier molecular flexibility index (Phi) is 5.58. The molecule has 0 bridgehead atoms. The van der Waals surface area contributed by atoms with Gasteiger partial charge in [0.1, 0.15) is 0 Å². The molecule has 1 N–H and O–H groups in total. The second-order valence-corrected chi connectivity index (χ2v) is 3.75. The van der Waals surface area contributed by atoms with Crippen molar-refractivity contribution in [1.82, 2.24) is 5.32 Å².